The molecule has 0 spiro atoms. The van der Waals surface area contributed by atoms with Crippen LogP contribution in [-0.4, -0.2) is 54.5 Å². The zero-order chi connectivity index (χ0) is 13.1. The fourth-order valence-electron chi connectivity index (χ4n) is 3.01. The Hall–Kier alpha value is -1.33. The van der Waals surface area contributed by atoms with Crippen molar-refractivity contribution in [3.05, 3.63) is 24.2 Å². The fraction of sp³-hybridized carbons (Fsp3) is 0.643. The zero-order valence-corrected chi connectivity index (χ0v) is 11.2. The van der Waals surface area contributed by atoms with E-state index in [1.165, 1.54) is 0 Å². The Morgan fingerprint density at radius 2 is 2.21 bits per heavy atom. The number of carbonyl (C=O) groups excluding carboxylic acids is 1. The van der Waals surface area contributed by atoms with E-state index in [1.54, 1.807) is 12.5 Å². The van der Waals surface area contributed by atoms with Crippen molar-refractivity contribution >= 4 is 5.91 Å². The summed E-state index contributed by atoms with van der Waals surface area (Å²) in [5, 5.41) is 3.29. The predicted molar refractivity (Wildman–Crippen MR) is 71.6 cm³/mol. The molecule has 1 N–H and O–H groups in total. The minimum atomic E-state index is 0.0630. The van der Waals surface area contributed by atoms with Crippen molar-refractivity contribution in [3.63, 3.8) is 0 Å². The Bertz CT molecular complexity index is 412. The summed E-state index contributed by atoms with van der Waals surface area (Å²) >= 11 is 0. The van der Waals surface area contributed by atoms with E-state index in [4.69, 9.17) is 4.42 Å². The van der Waals surface area contributed by atoms with Crippen LogP contribution in [0.5, 0.6) is 0 Å². The van der Waals surface area contributed by atoms with Crippen LogP contribution in [0.15, 0.2) is 23.0 Å². The van der Waals surface area contributed by atoms with Crippen molar-refractivity contribution < 1.29 is 9.21 Å². The summed E-state index contributed by atoms with van der Waals surface area (Å²) in [7, 11) is 0. The van der Waals surface area contributed by atoms with Gasteiger partial charge in [0.2, 0.25) is 5.91 Å². The second kappa shape index (κ2) is 5.75. The zero-order valence-electron chi connectivity index (χ0n) is 11.2. The topological polar surface area (TPSA) is 48.7 Å². The number of amides is 1. The van der Waals surface area contributed by atoms with Gasteiger partial charge in [-0.25, -0.2) is 0 Å². The molecule has 3 rings (SSSR count). The lowest BCUT2D eigenvalue weighted by atomic mass is 10.1. The number of hydrogen-bond donors (Lipinski definition) is 1. The molecule has 19 heavy (non-hydrogen) atoms. The summed E-state index contributed by atoms with van der Waals surface area (Å²) in [6.07, 6.45) is 5.56. The van der Waals surface area contributed by atoms with Crippen LogP contribution >= 0.6 is 0 Å². The first-order valence-electron chi connectivity index (χ1n) is 7.09. The smallest absolute Gasteiger partial charge is 0.240 e. The molecule has 1 unspecified atom stereocenters. The number of hydrogen-bond acceptors (Lipinski definition) is 4. The van der Waals surface area contributed by atoms with Crippen LogP contribution in [0.2, 0.25) is 0 Å². The number of carbonyl (C=O) groups is 1. The summed E-state index contributed by atoms with van der Waals surface area (Å²) in [4.78, 5) is 16.9. The van der Waals surface area contributed by atoms with Gasteiger partial charge in [0, 0.05) is 38.3 Å². The first-order valence-corrected chi connectivity index (χ1v) is 7.09. The monoisotopic (exact) mass is 263 g/mol. The molecule has 1 atom stereocenters. The minimum absolute atomic E-state index is 0.0630. The molecule has 104 valence electrons. The van der Waals surface area contributed by atoms with Gasteiger partial charge < -0.3 is 14.6 Å². The molecule has 1 aromatic heterocycles. The summed E-state index contributed by atoms with van der Waals surface area (Å²) in [6.45, 7) is 5.34. The minimum Gasteiger partial charge on any atom is -0.472 e. The van der Waals surface area contributed by atoms with Gasteiger partial charge in [0.1, 0.15) is 0 Å². The Balaban J connectivity index is 1.63. The molecular formula is C14H21N3O2. The van der Waals surface area contributed by atoms with Crippen LogP contribution in [0.4, 0.5) is 0 Å². The molecule has 2 saturated heterocycles. The maximum absolute atomic E-state index is 12.6. The molecule has 5 heteroatoms. The summed E-state index contributed by atoms with van der Waals surface area (Å²) in [5.41, 5.74) is 1.15. The van der Waals surface area contributed by atoms with Gasteiger partial charge in [-0.2, -0.15) is 0 Å². The van der Waals surface area contributed by atoms with Crippen LogP contribution in [0.3, 0.4) is 0 Å². The Labute approximate surface area is 113 Å². The number of piperazine rings is 1. The Morgan fingerprint density at radius 1 is 1.37 bits per heavy atom. The van der Waals surface area contributed by atoms with E-state index in [1.807, 2.05) is 11.0 Å². The second-order valence-electron chi connectivity index (χ2n) is 5.34. The van der Waals surface area contributed by atoms with Crippen LogP contribution in [-0.2, 0) is 11.3 Å². The Kier molecular flexibility index (Phi) is 3.84. The number of furan rings is 1. The first-order chi connectivity index (χ1) is 9.34. The summed E-state index contributed by atoms with van der Waals surface area (Å²) in [6, 6.07) is 2.04. The third-order valence-electron chi connectivity index (χ3n) is 4.04. The molecule has 2 fully saturated rings. The largest absolute Gasteiger partial charge is 0.472 e. The average molecular weight is 263 g/mol. The van der Waals surface area contributed by atoms with Crippen LogP contribution in [0.1, 0.15) is 18.4 Å². The molecule has 1 amide bonds. The third kappa shape index (κ3) is 2.82. The van der Waals surface area contributed by atoms with E-state index in [2.05, 4.69) is 10.2 Å². The first kappa shape index (κ1) is 12.7. The fourth-order valence-corrected chi connectivity index (χ4v) is 3.01. The van der Waals surface area contributed by atoms with E-state index >= 15 is 0 Å². The molecule has 5 nitrogen and oxygen atoms in total. The standard InChI is InChI=1S/C14H21N3O2/c18-14(16-7-4-15-5-8-16)13-2-1-6-17(13)10-12-3-9-19-11-12/h3,9,11,13,15H,1-2,4-8,10H2. The number of rotatable bonds is 3. The molecule has 0 bridgehead atoms. The number of nitrogens with one attached hydrogen (secondary N) is 1. The lowest BCUT2D eigenvalue weighted by Crippen LogP contribution is -2.52. The second-order valence-corrected chi connectivity index (χ2v) is 5.34. The molecule has 0 saturated carbocycles. The van der Waals surface area contributed by atoms with Gasteiger partial charge >= 0.3 is 0 Å². The van der Waals surface area contributed by atoms with Crippen molar-refractivity contribution in [2.45, 2.75) is 25.4 Å². The average Bonchev–Trinajstić information content (AvgIpc) is 3.11. The molecule has 1 aromatic rings. The Morgan fingerprint density at radius 3 is 2.95 bits per heavy atom. The van der Waals surface area contributed by atoms with Crippen molar-refractivity contribution in [2.75, 3.05) is 32.7 Å². The highest BCUT2D eigenvalue weighted by molar-refractivity contribution is 5.82. The van der Waals surface area contributed by atoms with Gasteiger partial charge in [-0.1, -0.05) is 0 Å². The molecule has 0 aromatic carbocycles. The van der Waals surface area contributed by atoms with Gasteiger partial charge in [0.05, 0.1) is 18.6 Å². The lowest BCUT2D eigenvalue weighted by Gasteiger charge is -2.32. The van der Waals surface area contributed by atoms with Crippen molar-refractivity contribution in [1.29, 1.82) is 0 Å². The van der Waals surface area contributed by atoms with E-state index in [0.29, 0.717) is 5.91 Å². The highest BCUT2D eigenvalue weighted by atomic mass is 16.3. The number of nitrogens with zero attached hydrogens (tertiary/aromatic N) is 2. The normalized spacial score (nSPS) is 24.8. The maximum atomic E-state index is 12.6. The molecule has 0 radical (unpaired) electrons. The lowest BCUT2D eigenvalue weighted by molar-refractivity contribution is -0.136. The van der Waals surface area contributed by atoms with E-state index < -0.39 is 0 Å². The highest BCUT2D eigenvalue weighted by Crippen LogP contribution is 2.22. The van der Waals surface area contributed by atoms with Gasteiger partial charge in [-0.15, -0.1) is 0 Å². The van der Waals surface area contributed by atoms with Gasteiger partial charge in [0.15, 0.2) is 0 Å². The van der Waals surface area contributed by atoms with Crippen molar-refractivity contribution in [3.8, 4) is 0 Å². The SMILES string of the molecule is O=C(C1CCCN1Cc1ccoc1)N1CCNCC1. The van der Waals surface area contributed by atoms with Gasteiger partial charge in [-0.3, -0.25) is 9.69 Å². The summed E-state index contributed by atoms with van der Waals surface area (Å²) in [5.74, 6) is 0.308. The van der Waals surface area contributed by atoms with Crippen LogP contribution in [0.25, 0.3) is 0 Å². The van der Waals surface area contributed by atoms with Crippen molar-refractivity contribution in [2.24, 2.45) is 0 Å². The quantitative estimate of drug-likeness (QED) is 0.871. The highest BCUT2D eigenvalue weighted by Gasteiger charge is 2.33. The predicted octanol–water partition coefficient (Wildman–Crippen LogP) is 0.676. The molecular weight excluding hydrogens is 242 g/mol. The maximum Gasteiger partial charge on any atom is 0.240 e. The van der Waals surface area contributed by atoms with Crippen LogP contribution in [0, 0.1) is 0 Å². The van der Waals surface area contributed by atoms with E-state index in [0.717, 1.165) is 57.7 Å². The van der Waals surface area contributed by atoms with Crippen LogP contribution < -0.4 is 5.32 Å². The molecule has 0 aliphatic carbocycles. The molecule has 3 heterocycles. The van der Waals surface area contributed by atoms with Gasteiger partial charge in [0.25, 0.3) is 0 Å². The van der Waals surface area contributed by atoms with E-state index in [9.17, 15) is 4.79 Å². The molecule has 2 aliphatic rings. The van der Waals surface area contributed by atoms with Crippen molar-refractivity contribution in [1.82, 2.24) is 15.1 Å². The number of likely N-dealkylation sites (tertiary alicyclic amines) is 1. The van der Waals surface area contributed by atoms with E-state index in [-0.39, 0.29) is 6.04 Å². The third-order valence-corrected chi connectivity index (χ3v) is 4.04. The summed E-state index contributed by atoms with van der Waals surface area (Å²) < 4.78 is 5.11. The van der Waals surface area contributed by atoms with Gasteiger partial charge in [-0.05, 0) is 25.5 Å². The molecule has 2 aliphatic heterocycles.